The Labute approximate surface area is 90.1 Å². The van der Waals surface area contributed by atoms with E-state index in [1.165, 1.54) is 6.07 Å². The summed E-state index contributed by atoms with van der Waals surface area (Å²) in [6, 6.07) is 6.51. The summed E-state index contributed by atoms with van der Waals surface area (Å²) < 4.78 is 12.8. The van der Waals surface area contributed by atoms with Crippen LogP contribution in [0.1, 0.15) is 0 Å². The van der Waals surface area contributed by atoms with Crippen molar-refractivity contribution in [3.63, 3.8) is 0 Å². The topological polar surface area (TPSA) is 12.0 Å². The molecule has 2 rings (SSSR count). The Kier molecular flexibility index (Phi) is 2.70. The molecule has 0 aliphatic heterocycles. The van der Waals surface area contributed by atoms with E-state index >= 15 is 0 Å². The number of nitrogens with one attached hydrogen (secondary N) is 1. The molecule has 0 radical (unpaired) electrons. The molecule has 0 fully saturated rings. The summed E-state index contributed by atoms with van der Waals surface area (Å²) in [6.45, 7) is 0. The second-order valence-electron chi connectivity index (χ2n) is 2.77. The van der Waals surface area contributed by atoms with Crippen LogP contribution < -0.4 is 5.32 Å². The van der Waals surface area contributed by atoms with E-state index in [4.69, 9.17) is 11.6 Å². The van der Waals surface area contributed by atoms with Crippen molar-refractivity contribution in [1.82, 2.24) is 0 Å². The zero-order valence-corrected chi connectivity index (χ0v) is 8.70. The maximum Gasteiger partial charge on any atom is 0.141 e. The van der Waals surface area contributed by atoms with Crippen LogP contribution in [0.5, 0.6) is 0 Å². The minimum absolute atomic E-state index is 0.130. The number of benzene rings is 1. The van der Waals surface area contributed by atoms with Crippen LogP contribution in [0.15, 0.2) is 35.0 Å². The van der Waals surface area contributed by atoms with Crippen LogP contribution >= 0.6 is 22.9 Å². The molecule has 1 aromatic carbocycles. The van der Waals surface area contributed by atoms with Gasteiger partial charge in [0, 0.05) is 16.8 Å². The summed E-state index contributed by atoms with van der Waals surface area (Å²) in [5.41, 5.74) is 1.77. The van der Waals surface area contributed by atoms with Gasteiger partial charge in [-0.25, -0.2) is 4.39 Å². The first-order chi connectivity index (χ1) is 6.75. The average molecular weight is 228 g/mol. The third-order valence-electron chi connectivity index (χ3n) is 1.73. The van der Waals surface area contributed by atoms with Gasteiger partial charge in [0.05, 0.1) is 5.02 Å². The van der Waals surface area contributed by atoms with E-state index in [0.717, 1.165) is 11.4 Å². The van der Waals surface area contributed by atoms with Gasteiger partial charge in [0.1, 0.15) is 5.82 Å². The van der Waals surface area contributed by atoms with Crippen LogP contribution in [0.25, 0.3) is 0 Å². The first-order valence-corrected chi connectivity index (χ1v) is 5.32. The van der Waals surface area contributed by atoms with Gasteiger partial charge in [0.25, 0.3) is 0 Å². The molecular weight excluding hydrogens is 221 g/mol. The van der Waals surface area contributed by atoms with E-state index in [9.17, 15) is 4.39 Å². The second-order valence-corrected chi connectivity index (χ2v) is 3.95. The lowest BCUT2D eigenvalue weighted by atomic mass is 10.3. The average Bonchev–Trinajstić information content (AvgIpc) is 2.64. The van der Waals surface area contributed by atoms with Gasteiger partial charge in [-0.1, -0.05) is 11.6 Å². The molecular formula is C10H7ClFNS. The lowest BCUT2D eigenvalue weighted by Gasteiger charge is -2.04. The van der Waals surface area contributed by atoms with E-state index in [2.05, 4.69) is 5.32 Å². The summed E-state index contributed by atoms with van der Waals surface area (Å²) in [7, 11) is 0. The SMILES string of the molecule is Fc1ccc(Nc2ccsc2)cc1Cl. The van der Waals surface area contributed by atoms with E-state index < -0.39 is 5.82 Å². The Bertz CT molecular complexity index is 428. The summed E-state index contributed by atoms with van der Waals surface area (Å²) in [5, 5.41) is 7.18. The van der Waals surface area contributed by atoms with E-state index in [1.807, 2.05) is 16.8 Å². The predicted molar refractivity (Wildman–Crippen MR) is 59.0 cm³/mol. The van der Waals surface area contributed by atoms with Crippen molar-refractivity contribution in [3.8, 4) is 0 Å². The van der Waals surface area contributed by atoms with Crippen molar-refractivity contribution >= 4 is 34.3 Å². The Morgan fingerprint density at radius 2 is 2.07 bits per heavy atom. The first kappa shape index (κ1) is 9.49. The molecule has 0 saturated carbocycles. The van der Waals surface area contributed by atoms with E-state index in [-0.39, 0.29) is 5.02 Å². The third kappa shape index (κ3) is 2.05. The zero-order valence-electron chi connectivity index (χ0n) is 7.13. The maximum atomic E-state index is 12.8. The summed E-state index contributed by atoms with van der Waals surface area (Å²) in [4.78, 5) is 0. The molecule has 14 heavy (non-hydrogen) atoms. The van der Waals surface area contributed by atoms with Crippen molar-refractivity contribution in [2.24, 2.45) is 0 Å². The first-order valence-electron chi connectivity index (χ1n) is 4.00. The van der Waals surface area contributed by atoms with E-state index in [1.54, 1.807) is 23.5 Å². The number of hydrogen-bond donors (Lipinski definition) is 1. The fourth-order valence-corrected chi connectivity index (χ4v) is 1.84. The van der Waals surface area contributed by atoms with Crippen LogP contribution in [0.2, 0.25) is 5.02 Å². The molecule has 0 saturated heterocycles. The molecule has 2 aromatic rings. The smallest absolute Gasteiger partial charge is 0.141 e. The van der Waals surface area contributed by atoms with Crippen LogP contribution in [0, 0.1) is 5.82 Å². The molecule has 0 spiro atoms. The van der Waals surface area contributed by atoms with Gasteiger partial charge in [-0.05, 0) is 29.6 Å². The van der Waals surface area contributed by atoms with Crippen molar-refractivity contribution < 1.29 is 4.39 Å². The minimum Gasteiger partial charge on any atom is -0.355 e. The molecule has 1 N–H and O–H groups in total. The quantitative estimate of drug-likeness (QED) is 0.807. The predicted octanol–water partition coefficient (Wildman–Crippen LogP) is 4.28. The molecule has 0 bridgehead atoms. The molecule has 0 aliphatic rings. The lowest BCUT2D eigenvalue weighted by molar-refractivity contribution is 0.628. The summed E-state index contributed by atoms with van der Waals surface area (Å²) in [5.74, 6) is -0.400. The molecule has 0 unspecified atom stereocenters. The van der Waals surface area contributed by atoms with Crippen LogP contribution in [-0.2, 0) is 0 Å². The maximum absolute atomic E-state index is 12.8. The number of anilines is 2. The van der Waals surface area contributed by atoms with Gasteiger partial charge in [-0.2, -0.15) is 11.3 Å². The molecule has 0 aliphatic carbocycles. The molecule has 1 nitrogen and oxygen atoms in total. The molecule has 0 atom stereocenters. The number of hydrogen-bond acceptors (Lipinski definition) is 2. The molecule has 1 aromatic heterocycles. The van der Waals surface area contributed by atoms with Gasteiger partial charge in [0.15, 0.2) is 0 Å². The van der Waals surface area contributed by atoms with Gasteiger partial charge >= 0.3 is 0 Å². The summed E-state index contributed by atoms with van der Waals surface area (Å²) in [6.07, 6.45) is 0. The van der Waals surface area contributed by atoms with Crippen LogP contribution in [0.3, 0.4) is 0 Å². The highest BCUT2D eigenvalue weighted by atomic mass is 35.5. The molecule has 4 heteroatoms. The van der Waals surface area contributed by atoms with Crippen molar-refractivity contribution in [2.45, 2.75) is 0 Å². The second kappa shape index (κ2) is 3.98. The van der Waals surface area contributed by atoms with Gasteiger partial charge < -0.3 is 5.32 Å². The number of thiophene rings is 1. The Hall–Kier alpha value is -1.06. The van der Waals surface area contributed by atoms with Crippen molar-refractivity contribution in [1.29, 1.82) is 0 Å². The monoisotopic (exact) mass is 227 g/mol. The van der Waals surface area contributed by atoms with Crippen LogP contribution in [-0.4, -0.2) is 0 Å². The van der Waals surface area contributed by atoms with Gasteiger partial charge in [-0.3, -0.25) is 0 Å². The van der Waals surface area contributed by atoms with E-state index in [0.29, 0.717) is 0 Å². The molecule has 1 heterocycles. The standard InChI is InChI=1S/C10H7ClFNS/c11-9-5-7(1-2-10(9)12)13-8-3-4-14-6-8/h1-6,13H. The summed E-state index contributed by atoms with van der Waals surface area (Å²) >= 11 is 7.24. The van der Waals surface area contributed by atoms with Crippen molar-refractivity contribution in [2.75, 3.05) is 5.32 Å². The van der Waals surface area contributed by atoms with Crippen LogP contribution in [0.4, 0.5) is 15.8 Å². The highest BCUT2D eigenvalue weighted by Crippen LogP contribution is 2.23. The zero-order chi connectivity index (χ0) is 9.97. The molecule has 0 amide bonds. The highest BCUT2D eigenvalue weighted by Gasteiger charge is 2.00. The lowest BCUT2D eigenvalue weighted by Crippen LogP contribution is -1.88. The minimum atomic E-state index is -0.400. The fourth-order valence-electron chi connectivity index (χ4n) is 1.08. The largest absolute Gasteiger partial charge is 0.355 e. The highest BCUT2D eigenvalue weighted by molar-refractivity contribution is 7.08. The number of rotatable bonds is 2. The fraction of sp³-hybridized carbons (Fsp3) is 0. The van der Waals surface area contributed by atoms with Crippen molar-refractivity contribution in [3.05, 3.63) is 45.9 Å². The normalized spacial score (nSPS) is 10.1. The molecule has 72 valence electrons. The van der Waals surface area contributed by atoms with Gasteiger partial charge in [-0.15, -0.1) is 0 Å². The number of halogens is 2. The third-order valence-corrected chi connectivity index (χ3v) is 2.70. The Morgan fingerprint density at radius 3 is 2.71 bits per heavy atom. The van der Waals surface area contributed by atoms with Gasteiger partial charge in [0.2, 0.25) is 0 Å². The Morgan fingerprint density at radius 1 is 1.21 bits per heavy atom. The Balaban J connectivity index is 2.22.